The molecule has 0 spiro atoms. The predicted molar refractivity (Wildman–Crippen MR) is 73.8 cm³/mol. The smallest absolute Gasteiger partial charge is 0.229 e. The summed E-state index contributed by atoms with van der Waals surface area (Å²) in [5.74, 6) is 0.457. The maximum atomic E-state index is 11.3. The van der Waals surface area contributed by atoms with Gasteiger partial charge in [-0.1, -0.05) is 18.6 Å². The maximum Gasteiger partial charge on any atom is 0.229 e. The molecular weight excluding hydrogens is 266 g/mol. The van der Waals surface area contributed by atoms with E-state index >= 15 is 0 Å². The largest absolute Gasteiger partial charge is 0.486 e. The molecule has 2 rings (SSSR count). The number of aliphatic hydroxyl groups is 1. The van der Waals surface area contributed by atoms with Crippen LogP contribution in [-0.2, 0) is 10.0 Å². The van der Waals surface area contributed by atoms with E-state index in [4.69, 9.17) is 4.74 Å². The average molecular weight is 285 g/mol. The van der Waals surface area contributed by atoms with Gasteiger partial charge in [0.25, 0.3) is 0 Å². The fourth-order valence-electron chi connectivity index (χ4n) is 2.23. The molecule has 0 saturated heterocycles. The Balaban J connectivity index is 2.15. The van der Waals surface area contributed by atoms with Crippen LogP contribution in [0.25, 0.3) is 0 Å². The van der Waals surface area contributed by atoms with E-state index in [2.05, 4.69) is 4.72 Å². The summed E-state index contributed by atoms with van der Waals surface area (Å²) in [4.78, 5) is 0. The Bertz CT molecular complexity index is 529. The molecular formula is C13H19NO4S. The van der Waals surface area contributed by atoms with Gasteiger partial charge in [0.2, 0.25) is 10.0 Å². The Morgan fingerprint density at radius 1 is 1.26 bits per heavy atom. The summed E-state index contributed by atoms with van der Waals surface area (Å²) in [7, 11) is -3.35. The lowest BCUT2D eigenvalue weighted by Gasteiger charge is -2.28. The summed E-state index contributed by atoms with van der Waals surface area (Å²) in [5, 5.41) is 9.89. The van der Waals surface area contributed by atoms with Crippen LogP contribution in [0.5, 0.6) is 5.75 Å². The highest BCUT2D eigenvalue weighted by Gasteiger charge is 2.25. The fourth-order valence-corrected chi connectivity index (χ4v) is 2.80. The number of aliphatic hydroxyl groups excluding tert-OH is 1. The molecule has 1 aromatic rings. The highest BCUT2D eigenvalue weighted by atomic mass is 32.2. The Morgan fingerprint density at radius 2 is 1.95 bits per heavy atom. The molecule has 1 fully saturated rings. The zero-order valence-electron chi connectivity index (χ0n) is 10.9. The normalized spacial score (nSPS) is 23.9. The minimum Gasteiger partial charge on any atom is -0.486 e. The van der Waals surface area contributed by atoms with Gasteiger partial charge in [-0.25, -0.2) is 8.42 Å². The second-order valence-electron chi connectivity index (χ2n) is 4.88. The third-order valence-electron chi connectivity index (χ3n) is 3.13. The zero-order valence-corrected chi connectivity index (χ0v) is 11.7. The number of ether oxygens (including phenoxy) is 1. The summed E-state index contributed by atoms with van der Waals surface area (Å²) in [6.45, 7) is 0. The number of hydrogen-bond donors (Lipinski definition) is 2. The summed E-state index contributed by atoms with van der Waals surface area (Å²) in [5.41, 5.74) is 0.405. The summed E-state index contributed by atoms with van der Waals surface area (Å²) in [6.07, 6.45) is 3.88. The average Bonchev–Trinajstić information content (AvgIpc) is 2.33. The molecule has 2 unspecified atom stereocenters. The van der Waals surface area contributed by atoms with Gasteiger partial charge in [-0.05, 0) is 31.4 Å². The molecule has 6 heteroatoms. The number of hydrogen-bond acceptors (Lipinski definition) is 4. The predicted octanol–water partition coefficient (Wildman–Crippen LogP) is 1.74. The molecule has 0 heterocycles. The lowest BCUT2D eigenvalue weighted by Crippen LogP contribution is -2.34. The first-order valence-corrected chi connectivity index (χ1v) is 8.26. The van der Waals surface area contributed by atoms with E-state index in [-0.39, 0.29) is 6.10 Å². The van der Waals surface area contributed by atoms with Crippen LogP contribution in [0.1, 0.15) is 25.7 Å². The van der Waals surface area contributed by atoms with Gasteiger partial charge in [-0.3, -0.25) is 4.72 Å². The molecule has 5 nitrogen and oxygen atoms in total. The van der Waals surface area contributed by atoms with Crippen molar-refractivity contribution in [3.63, 3.8) is 0 Å². The fraction of sp³-hybridized carbons (Fsp3) is 0.538. The molecule has 1 aliphatic carbocycles. The molecule has 0 aliphatic heterocycles. The Labute approximate surface area is 113 Å². The van der Waals surface area contributed by atoms with Crippen LogP contribution in [0.2, 0.25) is 0 Å². The first-order chi connectivity index (χ1) is 8.96. The molecule has 106 valence electrons. The Hall–Kier alpha value is -1.27. The summed E-state index contributed by atoms with van der Waals surface area (Å²) >= 11 is 0. The van der Waals surface area contributed by atoms with Gasteiger partial charge in [0.05, 0.1) is 18.0 Å². The van der Waals surface area contributed by atoms with E-state index in [9.17, 15) is 13.5 Å². The molecule has 19 heavy (non-hydrogen) atoms. The maximum absolute atomic E-state index is 11.3. The molecule has 0 radical (unpaired) electrons. The van der Waals surface area contributed by atoms with E-state index in [0.717, 1.165) is 31.9 Å². The van der Waals surface area contributed by atoms with Crippen LogP contribution in [0.4, 0.5) is 5.69 Å². The van der Waals surface area contributed by atoms with Gasteiger partial charge < -0.3 is 9.84 Å². The monoisotopic (exact) mass is 285 g/mol. The van der Waals surface area contributed by atoms with E-state index in [0.29, 0.717) is 11.4 Å². The van der Waals surface area contributed by atoms with Gasteiger partial charge in [-0.15, -0.1) is 0 Å². The Morgan fingerprint density at radius 3 is 2.63 bits per heavy atom. The van der Waals surface area contributed by atoms with Gasteiger partial charge in [0.1, 0.15) is 11.9 Å². The summed E-state index contributed by atoms with van der Waals surface area (Å²) < 4.78 is 30.8. The van der Waals surface area contributed by atoms with Crippen molar-refractivity contribution in [3.05, 3.63) is 24.3 Å². The van der Waals surface area contributed by atoms with Crippen molar-refractivity contribution in [2.45, 2.75) is 37.9 Å². The van der Waals surface area contributed by atoms with Crippen molar-refractivity contribution in [2.75, 3.05) is 11.0 Å². The molecule has 1 saturated carbocycles. The van der Waals surface area contributed by atoms with Crippen molar-refractivity contribution in [1.82, 2.24) is 0 Å². The molecule has 2 atom stereocenters. The molecule has 0 bridgehead atoms. The van der Waals surface area contributed by atoms with Crippen molar-refractivity contribution < 1.29 is 18.3 Å². The van der Waals surface area contributed by atoms with Crippen LogP contribution in [0.15, 0.2) is 24.3 Å². The zero-order chi connectivity index (χ0) is 13.9. The highest BCUT2D eigenvalue weighted by Crippen LogP contribution is 2.29. The van der Waals surface area contributed by atoms with E-state index in [1.165, 1.54) is 0 Å². The SMILES string of the molecule is CS(=O)(=O)Nc1ccccc1OC1CCCCC1O. The standard InChI is InChI=1S/C13H19NO4S/c1-19(16,17)14-10-6-2-4-8-12(10)18-13-9-5-3-7-11(13)15/h2,4,6,8,11,13-15H,3,5,7,9H2,1H3. The van der Waals surface area contributed by atoms with Crippen molar-refractivity contribution in [1.29, 1.82) is 0 Å². The second kappa shape index (κ2) is 5.79. The van der Waals surface area contributed by atoms with E-state index in [1.807, 2.05) is 0 Å². The van der Waals surface area contributed by atoms with Crippen LogP contribution in [0.3, 0.4) is 0 Å². The van der Waals surface area contributed by atoms with Crippen molar-refractivity contribution >= 4 is 15.7 Å². The lowest BCUT2D eigenvalue weighted by atomic mass is 9.95. The van der Waals surface area contributed by atoms with E-state index < -0.39 is 16.1 Å². The number of benzene rings is 1. The topological polar surface area (TPSA) is 75.6 Å². The molecule has 2 N–H and O–H groups in total. The number of nitrogens with one attached hydrogen (secondary N) is 1. The molecule has 1 aliphatic rings. The summed E-state index contributed by atoms with van der Waals surface area (Å²) in [6, 6.07) is 6.86. The first kappa shape index (κ1) is 14.1. The van der Waals surface area contributed by atoms with Crippen LogP contribution in [-0.4, -0.2) is 32.0 Å². The number of sulfonamides is 1. The minimum absolute atomic E-state index is 0.267. The van der Waals surface area contributed by atoms with Crippen LogP contribution < -0.4 is 9.46 Å². The van der Waals surface area contributed by atoms with Crippen LogP contribution in [0, 0.1) is 0 Å². The van der Waals surface area contributed by atoms with Crippen molar-refractivity contribution in [3.8, 4) is 5.75 Å². The number of rotatable bonds is 4. The number of anilines is 1. The number of para-hydroxylation sites is 2. The molecule has 1 aromatic carbocycles. The molecule has 0 aromatic heterocycles. The van der Waals surface area contributed by atoms with E-state index in [1.54, 1.807) is 24.3 Å². The third kappa shape index (κ3) is 4.11. The Kier molecular flexibility index (Phi) is 4.31. The van der Waals surface area contributed by atoms with Crippen molar-refractivity contribution in [2.24, 2.45) is 0 Å². The first-order valence-electron chi connectivity index (χ1n) is 6.37. The minimum atomic E-state index is -3.35. The second-order valence-corrected chi connectivity index (χ2v) is 6.63. The third-order valence-corrected chi connectivity index (χ3v) is 3.72. The van der Waals surface area contributed by atoms with Gasteiger partial charge in [-0.2, -0.15) is 0 Å². The van der Waals surface area contributed by atoms with Gasteiger partial charge in [0.15, 0.2) is 0 Å². The van der Waals surface area contributed by atoms with Gasteiger partial charge >= 0.3 is 0 Å². The molecule has 0 amide bonds. The van der Waals surface area contributed by atoms with Crippen LogP contribution >= 0.6 is 0 Å². The van der Waals surface area contributed by atoms with Gasteiger partial charge in [0, 0.05) is 0 Å². The highest BCUT2D eigenvalue weighted by molar-refractivity contribution is 7.92. The lowest BCUT2D eigenvalue weighted by molar-refractivity contribution is 0.00728. The quantitative estimate of drug-likeness (QED) is 0.883.